The van der Waals surface area contributed by atoms with Gasteiger partial charge in [-0.3, -0.25) is 19.7 Å². The van der Waals surface area contributed by atoms with Crippen LogP contribution in [0.4, 0.5) is 14.5 Å². The third kappa shape index (κ3) is 7.62. The predicted molar refractivity (Wildman–Crippen MR) is 122 cm³/mol. The molecule has 1 N–H and O–H groups in total. The van der Waals surface area contributed by atoms with Gasteiger partial charge in [0.05, 0.1) is 16.9 Å². The molecule has 0 aliphatic rings. The van der Waals surface area contributed by atoms with Crippen molar-refractivity contribution in [2.75, 3.05) is 0 Å². The number of ether oxygens (including phenoxy) is 1. The van der Waals surface area contributed by atoms with Crippen LogP contribution in [0.25, 0.3) is 0 Å². The average Bonchev–Trinajstić information content (AvgIpc) is 2.74. The number of hydrogen-bond acceptors (Lipinski definition) is 7. The summed E-state index contributed by atoms with van der Waals surface area (Å²) in [7, 11) is -4.47. The molecule has 0 unspecified atom stereocenters. The Bertz CT molecular complexity index is 1230. The highest BCUT2D eigenvalue weighted by Crippen LogP contribution is 2.25. The first-order valence-electron chi connectivity index (χ1n) is 10.6. The zero-order chi connectivity index (χ0) is 26.6. The number of esters is 1. The highest BCUT2D eigenvalue weighted by atomic mass is 32.2. The second-order valence-corrected chi connectivity index (χ2v) is 10.6. The normalized spacial score (nSPS) is 13.7. The minimum atomic E-state index is -4.47. The van der Waals surface area contributed by atoms with Crippen molar-refractivity contribution in [2.45, 2.75) is 57.1 Å². The zero-order valence-electron chi connectivity index (χ0n) is 19.6. The molecule has 2 aromatic carbocycles. The summed E-state index contributed by atoms with van der Waals surface area (Å²) in [4.78, 5) is 35.3. The Morgan fingerprint density at radius 1 is 1.11 bits per heavy atom. The topological polar surface area (TPSA) is 133 Å². The number of carbonyl (C=O) groups excluding carboxylic acids is 2. The number of nitrogens with zero attached hydrogens (tertiary/aromatic N) is 1. The third-order valence-corrected chi connectivity index (χ3v) is 6.44. The van der Waals surface area contributed by atoms with E-state index in [9.17, 15) is 36.9 Å². The van der Waals surface area contributed by atoms with Crippen molar-refractivity contribution in [3.63, 3.8) is 0 Å². The van der Waals surface area contributed by atoms with Crippen molar-refractivity contribution in [3.8, 4) is 0 Å². The summed E-state index contributed by atoms with van der Waals surface area (Å²) in [5, 5.41) is 11.2. The van der Waals surface area contributed by atoms with E-state index in [4.69, 9.17) is 4.74 Å². The smallest absolute Gasteiger partial charge is 0.310 e. The minimum Gasteiger partial charge on any atom is -0.460 e. The Hall–Kier alpha value is -3.25. The van der Waals surface area contributed by atoms with Crippen molar-refractivity contribution in [1.29, 1.82) is 0 Å². The number of hydrogen-bond donors (Lipinski definition) is 1. The van der Waals surface area contributed by atoms with Gasteiger partial charge >= 0.3 is 5.97 Å². The molecule has 2 aromatic rings. The summed E-state index contributed by atoms with van der Waals surface area (Å²) in [6, 6.07) is 6.66. The third-order valence-electron chi connectivity index (χ3n) is 4.85. The van der Waals surface area contributed by atoms with Crippen LogP contribution in [0, 0.1) is 27.7 Å². The second kappa shape index (κ2) is 11.0. The van der Waals surface area contributed by atoms with Gasteiger partial charge in [0.15, 0.2) is 22.3 Å². The monoisotopic (exact) mass is 512 g/mol. The van der Waals surface area contributed by atoms with Gasteiger partial charge in [-0.1, -0.05) is 24.3 Å². The lowest BCUT2D eigenvalue weighted by Gasteiger charge is -2.24. The summed E-state index contributed by atoms with van der Waals surface area (Å²) in [6.07, 6.45) is -0.917. The number of nitrogens with one attached hydrogen (secondary N) is 1. The number of para-hydroxylation sites is 1. The SMILES string of the molecule is C[C@H](NS(=O)(=O)c1ccccc1[N+](=O)[O-])C(=O)C[C@@H](Cc1cccc(F)c1F)C(=O)OC(C)(C)C. The summed E-state index contributed by atoms with van der Waals surface area (Å²) in [6.45, 7) is 5.99. The van der Waals surface area contributed by atoms with Crippen LogP contribution < -0.4 is 4.72 Å². The second-order valence-electron chi connectivity index (χ2n) is 8.89. The van der Waals surface area contributed by atoms with Gasteiger partial charge in [-0.25, -0.2) is 21.9 Å². The number of rotatable bonds is 10. The van der Waals surface area contributed by atoms with Gasteiger partial charge in [0.1, 0.15) is 5.60 Å². The molecule has 0 saturated heterocycles. The van der Waals surface area contributed by atoms with E-state index in [-0.39, 0.29) is 12.0 Å². The number of sulfonamides is 1. The Balaban J connectivity index is 2.27. The number of Topliss-reactive ketones (excluding diaryl/α,β-unsaturated/α-hetero) is 1. The van der Waals surface area contributed by atoms with Crippen molar-refractivity contribution < 1.29 is 36.4 Å². The lowest BCUT2D eigenvalue weighted by atomic mass is 9.92. The van der Waals surface area contributed by atoms with Crippen molar-refractivity contribution in [3.05, 3.63) is 69.8 Å². The standard InChI is InChI=1S/C23H26F2N2O7S/c1-14(26-35(32,33)20-11-6-5-10-18(20)27(30)31)19(28)13-16(22(29)34-23(2,3)4)12-15-8-7-9-17(24)21(15)25/h5-11,14,16,26H,12-13H2,1-4H3/t14-,16+/m0/s1. The van der Waals surface area contributed by atoms with Crippen molar-refractivity contribution >= 4 is 27.5 Å². The molecule has 0 saturated carbocycles. The number of ketones is 1. The van der Waals surface area contributed by atoms with E-state index in [1.807, 2.05) is 0 Å². The maximum absolute atomic E-state index is 14.2. The Morgan fingerprint density at radius 2 is 1.74 bits per heavy atom. The van der Waals surface area contributed by atoms with Gasteiger partial charge < -0.3 is 4.74 Å². The van der Waals surface area contributed by atoms with E-state index in [0.29, 0.717) is 0 Å². The van der Waals surface area contributed by atoms with Crippen molar-refractivity contribution in [1.82, 2.24) is 4.72 Å². The largest absolute Gasteiger partial charge is 0.460 e. The van der Waals surface area contributed by atoms with Crippen LogP contribution in [-0.2, 0) is 30.8 Å². The van der Waals surface area contributed by atoms with E-state index >= 15 is 0 Å². The maximum Gasteiger partial charge on any atom is 0.310 e. The lowest BCUT2D eigenvalue weighted by molar-refractivity contribution is -0.387. The molecule has 35 heavy (non-hydrogen) atoms. The Labute approximate surface area is 201 Å². The number of benzene rings is 2. The minimum absolute atomic E-state index is 0.151. The highest BCUT2D eigenvalue weighted by molar-refractivity contribution is 7.89. The first-order chi connectivity index (χ1) is 16.1. The van der Waals surface area contributed by atoms with Gasteiger partial charge in [-0.2, -0.15) is 0 Å². The average molecular weight is 513 g/mol. The molecule has 0 aliphatic heterocycles. The molecule has 0 spiro atoms. The molecular formula is C23H26F2N2O7S. The van der Waals surface area contributed by atoms with Crippen LogP contribution in [0.2, 0.25) is 0 Å². The number of carbonyl (C=O) groups is 2. The molecule has 190 valence electrons. The van der Waals surface area contributed by atoms with Gasteiger partial charge in [0.25, 0.3) is 5.69 Å². The molecule has 0 fully saturated rings. The Morgan fingerprint density at radius 3 is 2.34 bits per heavy atom. The fourth-order valence-corrected chi connectivity index (χ4v) is 4.61. The van der Waals surface area contributed by atoms with E-state index in [1.165, 1.54) is 31.2 Å². The molecule has 12 heteroatoms. The van der Waals surface area contributed by atoms with E-state index in [0.717, 1.165) is 18.2 Å². The first kappa shape index (κ1) is 28.0. The zero-order valence-corrected chi connectivity index (χ0v) is 20.4. The maximum atomic E-state index is 14.2. The van der Waals surface area contributed by atoms with Crippen LogP contribution in [0.1, 0.15) is 39.7 Å². The fraction of sp³-hybridized carbons (Fsp3) is 0.391. The fourth-order valence-electron chi connectivity index (χ4n) is 3.21. The number of nitro benzene ring substituents is 1. The summed E-state index contributed by atoms with van der Waals surface area (Å²) in [5.41, 5.74) is -1.76. The molecule has 2 atom stereocenters. The number of halogens is 2. The van der Waals surface area contributed by atoms with Crippen LogP contribution in [0.5, 0.6) is 0 Å². The van der Waals surface area contributed by atoms with Crippen LogP contribution in [0.15, 0.2) is 47.4 Å². The molecule has 9 nitrogen and oxygen atoms in total. The number of nitro groups is 1. The predicted octanol–water partition coefficient (Wildman–Crippen LogP) is 3.70. The van der Waals surface area contributed by atoms with Crippen LogP contribution >= 0.6 is 0 Å². The van der Waals surface area contributed by atoms with Crippen LogP contribution in [-0.4, -0.2) is 36.7 Å². The first-order valence-corrected chi connectivity index (χ1v) is 12.0. The summed E-state index contributed by atoms with van der Waals surface area (Å²) < 4.78 is 60.7. The van der Waals surface area contributed by atoms with Gasteiger partial charge in [0.2, 0.25) is 10.0 Å². The quantitative estimate of drug-likeness (QED) is 0.292. The van der Waals surface area contributed by atoms with Gasteiger partial charge in [-0.05, 0) is 51.8 Å². The van der Waals surface area contributed by atoms with E-state index in [1.54, 1.807) is 20.8 Å². The highest BCUT2D eigenvalue weighted by Gasteiger charge is 2.33. The summed E-state index contributed by atoms with van der Waals surface area (Å²) in [5.74, 6) is -5.12. The summed E-state index contributed by atoms with van der Waals surface area (Å²) >= 11 is 0. The van der Waals surface area contributed by atoms with Crippen LogP contribution in [0.3, 0.4) is 0 Å². The molecule has 2 rings (SSSR count). The van der Waals surface area contributed by atoms with E-state index < -0.39 is 72.9 Å². The lowest BCUT2D eigenvalue weighted by Crippen LogP contribution is -2.40. The Kier molecular flexibility index (Phi) is 8.79. The van der Waals surface area contributed by atoms with Gasteiger partial charge in [-0.15, -0.1) is 0 Å². The molecule has 0 aromatic heterocycles. The van der Waals surface area contributed by atoms with E-state index in [2.05, 4.69) is 4.72 Å². The molecule has 0 amide bonds. The molecule has 0 heterocycles. The molecular weight excluding hydrogens is 486 g/mol. The molecule has 0 radical (unpaired) electrons. The molecule has 0 bridgehead atoms. The molecule has 0 aliphatic carbocycles. The van der Waals surface area contributed by atoms with Gasteiger partial charge in [0, 0.05) is 12.5 Å². The van der Waals surface area contributed by atoms with Crippen molar-refractivity contribution in [2.24, 2.45) is 5.92 Å².